The van der Waals surface area contributed by atoms with Crippen LogP contribution in [0, 0.1) is 6.92 Å². The van der Waals surface area contributed by atoms with E-state index in [4.69, 9.17) is 0 Å². The van der Waals surface area contributed by atoms with Crippen molar-refractivity contribution in [3.63, 3.8) is 0 Å². The fourth-order valence-electron chi connectivity index (χ4n) is 2.44. The van der Waals surface area contributed by atoms with Gasteiger partial charge in [-0.25, -0.2) is 0 Å². The number of amides is 1. The van der Waals surface area contributed by atoms with E-state index in [1.807, 2.05) is 43.3 Å². The lowest BCUT2D eigenvalue weighted by Crippen LogP contribution is -2.23. The average Bonchev–Trinajstić information content (AvgIpc) is 3.07. The summed E-state index contributed by atoms with van der Waals surface area (Å²) in [6, 6.07) is 17.9. The zero-order valence-corrected chi connectivity index (χ0v) is 13.2. The summed E-state index contributed by atoms with van der Waals surface area (Å²) in [6.07, 6.45) is 0. The molecule has 0 aliphatic heterocycles. The molecule has 0 atom stereocenters. The third kappa shape index (κ3) is 3.26. The fraction of sp³-hybridized carbons (Fsp3) is 0.105. The molecule has 0 radical (unpaired) electrons. The summed E-state index contributed by atoms with van der Waals surface area (Å²) in [5, 5.41) is 7.20. The van der Waals surface area contributed by atoms with Crippen LogP contribution in [-0.2, 0) is 6.54 Å². The normalized spacial score (nSPS) is 10.4. The van der Waals surface area contributed by atoms with E-state index in [0.29, 0.717) is 12.1 Å². The lowest BCUT2D eigenvalue weighted by Gasteiger charge is -2.10. The standard InChI is InChI=1S/C19H17NOS/c1-14-5-4-7-15(11-14)19(21)20-12-16-6-2-3-8-18(16)17-9-10-22-13-17/h2-11,13H,12H2,1H3,(H,20,21). The summed E-state index contributed by atoms with van der Waals surface area (Å²) in [5.41, 5.74) is 5.29. The van der Waals surface area contributed by atoms with Crippen molar-refractivity contribution in [2.75, 3.05) is 0 Å². The van der Waals surface area contributed by atoms with Gasteiger partial charge in [0.2, 0.25) is 0 Å². The summed E-state index contributed by atoms with van der Waals surface area (Å²) in [7, 11) is 0. The van der Waals surface area contributed by atoms with E-state index < -0.39 is 0 Å². The van der Waals surface area contributed by atoms with Crippen LogP contribution in [0.5, 0.6) is 0 Å². The van der Waals surface area contributed by atoms with Gasteiger partial charge in [-0.15, -0.1) is 0 Å². The maximum Gasteiger partial charge on any atom is 0.251 e. The molecule has 0 saturated carbocycles. The Labute approximate surface area is 134 Å². The number of carbonyl (C=O) groups excluding carboxylic acids is 1. The summed E-state index contributed by atoms with van der Waals surface area (Å²) < 4.78 is 0. The van der Waals surface area contributed by atoms with E-state index >= 15 is 0 Å². The molecular weight excluding hydrogens is 290 g/mol. The molecule has 0 fully saturated rings. The molecule has 22 heavy (non-hydrogen) atoms. The molecule has 0 unspecified atom stereocenters. The lowest BCUT2D eigenvalue weighted by molar-refractivity contribution is 0.0951. The zero-order valence-electron chi connectivity index (χ0n) is 12.4. The Morgan fingerprint density at radius 3 is 2.73 bits per heavy atom. The Morgan fingerprint density at radius 1 is 1.09 bits per heavy atom. The van der Waals surface area contributed by atoms with Crippen LogP contribution in [0.2, 0.25) is 0 Å². The third-order valence-electron chi connectivity index (χ3n) is 3.57. The molecule has 3 rings (SSSR count). The summed E-state index contributed by atoms with van der Waals surface area (Å²) in [4.78, 5) is 12.3. The molecule has 1 aromatic heterocycles. The minimum atomic E-state index is -0.0381. The minimum Gasteiger partial charge on any atom is -0.348 e. The molecule has 0 spiro atoms. The predicted octanol–water partition coefficient (Wildman–Crippen LogP) is 4.65. The molecular formula is C19H17NOS. The number of hydrogen-bond donors (Lipinski definition) is 1. The van der Waals surface area contributed by atoms with Crippen LogP contribution < -0.4 is 5.32 Å². The van der Waals surface area contributed by atoms with Gasteiger partial charge in [0.15, 0.2) is 0 Å². The Kier molecular flexibility index (Phi) is 4.35. The molecule has 1 N–H and O–H groups in total. The van der Waals surface area contributed by atoms with Crippen molar-refractivity contribution in [3.8, 4) is 11.1 Å². The molecule has 0 aliphatic carbocycles. The molecule has 110 valence electrons. The van der Waals surface area contributed by atoms with Gasteiger partial charge in [0.05, 0.1) is 0 Å². The van der Waals surface area contributed by atoms with Crippen molar-refractivity contribution < 1.29 is 4.79 Å². The third-order valence-corrected chi connectivity index (χ3v) is 4.25. The molecule has 2 aromatic carbocycles. The number of rotatable bonds is 4. The molecule has 3 heteroatoms. The SMILES string of the molecule is Cc1cccc(C(=O)NCc2ccccc2-c2ccsc2)c1. The summed E-state index contributed by atoms with van der Waals surface area (Å²) >= 11 is 1.68. The van der Waals surface area contributed by atoms with Gasteiger partial charge in [-0.1, -0.05) is 42.0 Å². The molecule has 1 amide bonds. The van der Waals surface area contributed by atoms with Crippen LogP contribution in [0.4, 0.5) is 0 Å². The predicted molar refractivity (Wildman–Crippen MR) is 92.1 cm³/mol. The highest BCUT2D eigenvalue weighted by Crippen LogP contribution is 2.25. The van der Waals surface area contributed by atoms with Crippen molar-refractivity contribution in [3.05, 3.63) is 82.0 Å². The quantitative estimate of drug-likeness (QED) is 0.746. The number of thiophene rings is 1. The maximum atomic E-state index is 12.3. The van der Waals surface area contributed by atoms with Gasteiger partial charge in [-0.2, -0.15) is 11.3 Å². The molecule has 0 bridgehead atoms. The highest BCUT2D eigenvalue weighted by atomic mass is 32.1. The molecule has 0 saturated heterocycles. The van der Waals surface area contributed by atoms with Gasteiger partial charge in [-0.05, 0) is 52.6 Å². The molecule has 2 nitrogen and oxygen atoms in total. The smallest absolute Gasteiger partial charge is 0.251 e. The first kappa shape index (κ1) is 14.5. The van der Waals surface area contributed by atoms with E-state index in [9.17, 15) is 4.79 Å². The van der Waals surface area contributed by atoms with E-state index in [0.717, 1.165) is 11.1 Å². The Morgan fingerprint density at radius 2 is 1.95 bits per heavy atom. The number of benzene rings is 2. The first-order valence-corrected chi connectivity index (χ1v) is 8.13. The van der Waals surface area contributed by atoms with Crippen LogP contribution in [-0.4, -0.2) is 5.91 Å². The van der Waals surface area contributed by atoms with Crippen molar-refractivity contribution >= 4 is 17.2 Å². The van der Waals surface area contributed by atoms with Crippen LogP contribution in [0.1, 0.15) is 21.5 Å². The van der Waals surface area contributed by atoms with Crippen LogP contribution in [0.25, 0.3) is 11.1 Å². The van der Waals surface area contributed by atoms with Gasteiger partial charge in [0.25, 0.3) is 5.91 Å². The average molecular weight is 307 g/mol. The Bertz CT molecular complexity index is 778. The largest absolute Gasteiger partial charge is 0.348 e. The van der Waals surface area contributed by atoms with Crippen LogP contribution in [0.3, 0.4) is 0 Å². The maximum absolute atomic E-state index is 12.3. The van der Waals surface area contributed by atoms with Gasteiger partial charge in [0, 0.05) is 12.1 Å². The second-order valence-electron chi connectivity index (χ2n) is 5.22. The summed E-state index contributed by atoms with van der Waals surface area (Å²) in [6.45, 7) is 2.52. The van der Waals surface area contributed by atoms with Gasteiger partial charge < -0.3 is 5.32 Å². The van der Waals surface area contributed by atoms with Crippen LogP contribution in [0.15, 0.2) is 65.4 Å². The highest BCUT2D eigenvalue weighted by molar-refractivity contribution is 7.08. The number of nitrogens with one attached hydrogen (secondary N) is 1. The number of aryl methyl sites for hydroxylation is 1. The highest BCUT2D eigenvalue weighted by Gasteiger charge is 2.08. The Hall–Kier alpha value is -2.39. The molecule has 0 aliphatic rings. The molecule has 1 heterocycles. The van der Waals surface area contributed by atoms with Crippen molar-refractivity contribution in [2.24, 2.45) is 0 Å². The number of carbonyl (C=O) groups is 1. The second kappa shape index (κ2) is 6.58. The first-order valence-electron chi connectivity index (χ1n) is 7.19. The Balaban J connectivity index is 1.76. The van der Waals surface area contributed by atoms with Gasteiger partial charge in [0.1, 0.15) is 0 Å². The summed E-state index contributed by atoms with van der Waals surface area (Å²) in [5.74, 6) is -0.0381. The fourth-order valence-corrected chi connectivity index (χ4v) is 3.09. The zero-order chi connectivity index (χ0) is 15.4. The van der Waals surface area contributed by atoms with Crippen molar-refractivity contribution in [2.45, 2.75) is 13.5 Å². The van der Waals surface area contributed by atoms with Crippen molar-refractivity contribution in [1.82, 2.24) is 5.32 Å². The van der Waals surface area contributed by atoms with Crippen LogP contribution >= 0.6 is 11.3 Å². The van der Waals surface area contributed by atoms with E-state index in [1.165, 1.54) is 11.1 Å². The van der Waals surface area contributed by atoms with Gasteiger partial charge in [-0.3, -0.25) is 4.79 Å². The monoisotopic (exact) mass is 307 g/mol. The van der Waals surface area contributed by atoms with E-state index in [2.05, 4.69) is 34.3 Å². The minimum absolute atomic E-state index is 0.0381. The molecule has 3 aromatic rings. The second-order valence-corrected chi connectivity index (χ2v) is 6.00. The topological polar surface area (TPSA) is 29.1 Å². The first-order chi connectivity index (χ1) is 10.7. The lowest BCUT2D eigenvalue weighted by atomic mass is 10.0. The van der Waals surface area contributed by atoms with E-state index in [1.54, 1.807) is 11.3 Å². The van der Waals surface area contributed by atoms with E-state index in [-0.39, 0.29) is 5.91 Å². The van der Waals surface area contributed by atoms with Crippen molar-refractivity contribution in [1.29, 1.82) is 0 Å². The van der Waals surface area contributed by atoms with Gasteiger partial charge >= 0.3 is 0 Å². The number of hydrogen-bond acceptors (Lipinski definition) is 2.